The highest BCUT2D eigenvalue weighted by Gasteiger charge is 2.27. The van der Waals surface area contributed by atoms with E-state index < -0.39 is 37.8 Å². The molecule has 0 aliphatic heterocycles. The van der Waals surface area contributed by atoms with Crippen LogP contribution >= 0.6 is 11.6 Å². The van der Waals surface area contributed by atoms with Gasteiger partial charge in [-0.05, 0) is 36.4 Å². The van der Waals surface area contributed by atoms with Crippen molar-refractivity contribution in [2.75, 3.05) is 0 Å². The van der Waals surface area contributed by atoms with Crippen LogP contribution in [-0.2, 0) is 9.84 Å². The van der Waals surface area contributed by atoms with E-state index in [1.165, 1.54) is 12.1 Å². The maximum atomic E-state index is 13.7. The zero-order valence-electron chi connectivity index (χ0n) is 10.4. The fraction of sp³-hybridized carbons (Fsp3) is 0. The maximum absolute atomic E-state index is 13.7. The Bertz CT molecular complexity index is 815. The lowest BCUT2D eigenvalue weighted by molar-refractivity contribution is 0.491. The quantitative estimate of drug-likeness (QED) is 0.789. The van der Waals surface area contributed by atoms with Gasteiger partial charge in [0.1, 0.15) is 5.82 Å². The summed E-state index contributed by atoms with van der Waals surface area (Å²) in [6.07, 6.45) is 0. The molecule has 2 aromatic rings. The smallest absolute Gasteiger partial charge is 0.206 e. The van der Waals surface area contributed by atoms with Crippen LogP contribution < -0.4 is 0 Å². The lowest BCUT2D eigenvalue weighted by Gasteiger charge is -2.10. The molecule has 0 spiro atoms. The van der Waals surface area contributed by atoms with Gasteiger partial charge in [-0.15, -0.1) is 0 Å². The van der Waals surface area contributed by atoms with Gasteiger partial charge < -0.3 is 0 Å². The number of benzene rings is 2. The Hall–Kier alpha value is -1.79. The molecule has 0 heterocycles. The van der Waals surface area contributed by atoms with Gasteiger partial charge in [-0.2, -0.15) is 0 Å². The summed E-state index contributed by atoms with van der Waals surface area (Å²) in [4.78, 5) is -1.11. The van der Waals surface area contributed by atoms with Crippen LogP contribution in [0.4, 0.5) is 13.2 Å². The summed E-state index contributed by atoms with van der Waals surface area (Å²) in [6.45, 7) is 3.19. The predicted octanol–water partition coefficient (Wildman–Crippen LogP) is 4.20. The van der Waals surface area contributed by atoms with Crippen LogP contribution in [0.3, 0.4) is 0 Å². The first-order valence-electron chi connectivity index (χ1n) is 5.58. The second-order valence-electron chi connectivity index (χ2n) is 4.10. The average Bonchev–Trinajstić information content (AvgIpc) is 2.43. The normalized spacial score (nSPS) is 11.4. The van der Waals surface area contributed by atoms with Crippen molar-refractivity contribution in [2.45, 2.75) is 4.90 Å². The van der Waals surface area contributed by atoms with Crippen molar-refractivity contribution in [1.29, 1.82) is 0 Å². The molecular formula is C14H8ClF3O2S. The van der Waals surface area contributed by atoms with E-state index in [0.717, 1.165) is 12.1 Å². The second kappa shape index (κ2) is 5.54. The first-order chi connectivity index (χ1) is 9.75. The van der Waals surface area contributed by atoms with Crippen molar-refractivity contribution in [1.82, 2.24) is 0 Å². The molecule has 0 bridgehead atoms. The van der Waals surface area contributed by atoms with E-state index in [2.05, 4.69) is 6.58 Å². The van der Waals surface area contributed by atoms with Crippen LogP contribution in [0.25, 0.3) is 4.91 Å². The number of halogens is 4. The van der Waals surface area contributed by atoms with Gasteiger partial charge in [0, 0.05) is 5.02 Å². The van der Waals surface area contributed by atoms with Crippen LogP contribution in [0.15, 0.2) is 47.9 Å². The lowest BCUT2D eigenvalue weighted by atomic mass is 10.2. The Morgan fingerprint density at radius 1 is 0.952 bits per heavy atom. The molecule has 7 heteroatoms. The monoisotopic (exact) mass is 332 g/mol. The molecule has 0 saturated carbocycles. The topological polar surface area (TPSA) is 34.1 Å². The Morgan fingerprint density at radius 2 is 1.48 bits per heavy atom. The van der Waals surface area contributed by atoms with E-state index in [-0.39, 0.29) is 4.90 Å². The molecule has 0 fully saturated rings. The molecule has 2 rings (SSSR count). The summed E-state index contributed by atoms with van der Waals surface area (Å²) in [5.41, 5.74) is -1.01. The predicted molar refractivity (Wildman–Crippen MR) is 74.0 cm³/mol. The van der Waals surface area contributed by atoms with Gasteiger partial charge in [0.05, 0.1) is 15.4 Å². The minimum absolute atomic E-state index is 0.250. The molecule has 0 amide bonds. The standard InChI is InChI=1S/C14H8ClF3O2S/c1-8(13-11(16)6-7-12(17)14(13)18)21(19,20)10-4-2-9(15)3-5-10/h2-7H,1H2. The van der Waals surface area contributed by atoms with Crippen molar-refractivity contribution >= 4 is 26.3 Å². The van der Waals surface area contributed by atoms with Crippen LogP contribution in [0, 0.1) is 17.5 Å². The first kappa shape index (κ1) is 15.6. The SMILES string of the molecule is C=C(c1c(F)ccc(F)c1F)S(=O)(=O)c1ccc(Cl)cc1. The summed E-state index contributed by atoms with van der Waals surface area (Å²) in [5, 5.41) is 0.294. The van der Waals surface area contributed by atoms with E-state index in [9.17, 15) is 21.6 Å². The fourth-order valence-corrected chi connectivity index (χ4v) is 3.03. The summed E-state index contributed by atoms with van der Waals surface area (Å²) < 4.78 is 65.0. The molecule has 21 heavy (non-hydrogen) atoms. The molecule has 2 nitrogen and oxygen atoms in total. The summed E-state index contributed by atoms with van der Waals surface area (Å²) in [7, 11) is -4.27. The van der Waals surface area contributed by atoms with Gasteiger partial charge >= 0.3 is 0 Å². The van der Waals surface area contributed by atoms with Crippen molar-refractivity contribution < 1.29 is 21.6 Å². The average molecular weight is 333 g/mol. The molecule has 110 valence electrons. The van der Waals surface area contributed by atoms with Crippen LogP contribution in [-0.4, -0.2) is 8.42 Å². The van der Waals surface area contributed by atoms with Gasteiger partial charge in [-0.1, -0.05) is 18.2 Å². The highest BCUT2D eigenvalue weighted by atomic mass is 35.5. The molecule has 0 aromatic heterocycles. The summed E-state index contributed by atoms with van der Waals surface area (Å²) >= 11 is 5.64. The molecule has 0 atom stereocenters. The Kier molecular flexibility index (Phi) is 4.11. The molecule has 0 unspecified atom stereocenters. The van der Waals surface area contributed by atoms with Crippen molar-refractivity contribution in [3.8, 4) is 0 Å². The Morgan fingerprint density at radius 3 is 2.05 bits per heavy atom. The largest absolute Gasteiger partial charge is 0.219 e. The maximum Gasteiger partial charge on any atom is 0.206 e. The Labute approximate surface area is 124 Å². The number of hydrogen-bond acceptors (Lipinski definition) is 2. The third kappa shape index (κ3) is 2.82. The molecule has 0 aliphatic rings. The zero-order valence-corrected chi connectivity index (χ0v) is 12.0. The van der Waals surface area contributed by atoms with Gasteiger partial charge in [-0.25, -0.2) is 21.6 Å². The van der Waals surface area contributed by atoms with Crippen LogP contribution in [0.1, 0.15) is 5.56 Å². The molecule has 0 aliphatic carbocycles. The van der Waals surface area contributed by atoms with E-state index in [1.807, 2.05) is 0 Å². The fourth-order valence-electron chi connectivity index (χ4n) is 1.67. The highest BCUT2D eigenvalue weighted by Crippen LogP contribution is 2.31. The van der Waals surface area contributed by atoms with Crippen LogP contribution in [0.2, 0.25) is 5.02 Å². The van der Waals surface area contributed by atoms with E-state index >= 15 is 0 Å². The molecule has 0 saturated heterocycles. The minimum Gasteiger partial charge on any atom is -0.219 e. The van der Waals surface area contributed by atoms with Gasteiger partial charge in [-0.3, -0.25) is 0 Å². The first-order valence-corrected chi connectivity index (χ1v) is 7.44. The molecule has 2 aromatic carbocycles. The third-order valence-electron chi connectivity index (χ3n) is 2.77. The molecular weight excluding hydrogens is 325 g/mol. The van der Waals surface area contributed by atoms with Gasteiger partial charge in [0.15, 0.2) is 11.6 Å². The summed E-state index contributed by atoms with van der Waals surface area (Å²) in [6, 6.07) is 6.14. The minimum atomic E-state index is -4.27. The van der Waals surface area contributed by atoms with E-state index in [4.69, 9.17) is 11.6 Å². The van der Waals surface area contributed by atoms with Crippen molar-refractivity contribution in [3.05, 3.63) is 71.0 Å². The summed E-state index contributed by atoms with van der Waals surface area (Å²) in [5.74, 6) is -4.17. The van der Waals surface area contributed by atoms with Crippen molar-refractivity contribution in [2.24, 2.45) is 0 Å². The third-order valence-corrected chi connectivity index (χ3v) is 4.77. The van der Waals surface area contributed by atoms with Crippen LogP contribution in [0.5, 0.6) is 0 Å². The van der Waals surface area contributed by atoms with E-state index in [0.29, 0.717) is 17.2 Å². The number of hydrogen-bond donors (Lipinski definition) is 0. The zero-order chi connectivity index (χ0) is 15.8. The van der Waals surface area contributed by atoms with E-state index in [1.54, 1.807) is 0 Å². The van der Waals surface area contributed by atoms with Gasteiger partial charge in [0.2, 0.25) is 9.84 Å². The number of sulfone groups is 1. The molecule has 0 N–H and O–H groups in total. The lowest BCUT2D eigenvalue weighted by Crippen LogP contribution is -2.08. The number of rotatable bonds is 3. The van der Waals surface area contributed by atoms with Gasteiger partial charge in [0.25, 0.3) is 0 Å². The Balaban J connectivity index is 2.59. The second-order valence-corrected chi connectivity index (χ2v) is 6.51. The highest BCUT2D eigenvalue weighted by molar-refractivity contribution is 8.00. The molecule has 0 radical (unpaired) electrons. The van der Waals surface area contributed by atoms with Crippen molar-refractivity contribution in [3.63, 3.8) is 0 Å².